The maximum atomic E-state index is 12.7. The molecule has 2 N–H and O–H groups in total. The lowest BCUT2D eigenvalue weighted by Gasteiger charge is -2.27. The molecule has 1 aliphatic rings. The van der Waals surface area contributed by atoms with Crippen LogP contribution in [-0.2, 0) is 0 Å². The molecule has 0 radical (unpaired) electrons. The van der Waals surface area contributed by atoms with E-state index >= 15 is 0 Å². The molecule has 1 heterocycles. The fraction of sp³-hybridized carbons (Fsp3) is 0.409. The Bertz CT molecular complexity index is 766. The second-order valence-electron chi connectivity index (χ2n) is 6.68. The van der Waals surface area contributed by atoms with Crippen molar-refractivity contribution in [2.45, 2.75) is 13.3 Å². The molecule has 2 aromatic carbocycles. The summed E-state index contributed by atoms with van der Waals surface area (Å²) in [7, 11) is 0. The van der Waals surface area contributed by atoms with Crippen LogP contribution >= 0.6 is 12.4 Å². The van der Waals surface area contributed by atoms with Gasteiger partial charge in [-0.3, -0.25) is 4.79 Å². The third-order valence-electron chi connectivity index (χ3n) is 4.65. The highest BCUT2D eigenvalue weighted by molar-refractivity contribution is 5.97. The Morgan fingerprint density at radius 1 is 1.03 bits per heavy atom. The summed E-state index contributed by atoms with van der Waals surface area (Å²) < 4.78 is 11.6. The number of carbonyl (C=O) groups is 1. The fourth-order valence-electron chi connectivity index (χ4n) is 3.21. The van der Waals surface area contributed by atoms with Crippen molar-refractivity contribution < 1.29 is 14.3 Å². The van der Waals surface area contributed by atoms with Crippen LogP contribution in [0.3, 0.4) is 0 Å². The summed E-state index contributed by atoms with van der Waals surface area (Å²) in [5.74, 6) is 1.67. The molecule has 1 saturated heterocycles. The van der Waals surface area contributed by atoms with Gasteiger partial charge in [0.15, 0.2) is 11.5 Å². The van der Waals surface area contributed by atoms with E-state index in [1.54, 1.807) is 12.1 Å². The molecule has 1 amide bonds. The van der Waals surface area contributed by atoms with E-state index in [2.05, 4.69) is 15.5 Å². The predicted molar refractivity (Wildman–Crippen MR) is 118 cm³/mol. The van der Waals surface area contributed by atoms with E-state index in [0.29, 0.717) is 36.0 Å². The van der Waals surface area contributed by atoms with Gasteiger partial charge in [0, 0.05) is 32.7 Å². The van der Waals surface area contributed by atoms with Gasteiger partial charge in [-0.25, -0.2) is 0 Å². The topological polar surface area (TPSA) is 62.8 Å². The molecule has 7 heteroatoms. The molecular weight excluding hydrogens is 390 g/mol. The minimum atomic E-state index is -0.121. The highest BCUT2D eigenvalue weighted by atomic mass is 35.5. The van der Waals surface area contributed by atoms with Crippen LogP contribution in [0.25, 0.3) is 0 Å². The largest absolute Gasteiger partial charge is 0.490 e. The molecule has 1 aliphatic heterocycles. The maximum Gasteiger partial charge on any atom is 0.255 e. The highest BCUT2D eigenvalue weighted by Crippen LogP contribution is 2.32. The molecular formula is C22H30ClN3O3. The normalized spacial score (nSPS) is 14.0. The smallest absolute Gasteiger partial charge is 0.255 e. The SMILES string of the molecule is CCOc1ccccc1Oc1ccccc1C(=O)NCCCN1CCNCC1.Cl. The van der Waals surface area contributed by atoms with Crippen molar-refractivity contribution in [3.05, 3.63) is 54.1 Å². The van der Waals surface area contributed by atoms with Crippen LogP contribution in [0.2, 0.25) is 0 Å². The van der Waals surface area contributed by atoms with Crippen molar-refractivity contribution in [3.8, 4) is 17.2 Å². The number of benzene rings is 2. The average molecular weight is 420 g/mol. The molecule has 0 unspecified atom stereocenters. The quantitative estimate of drug-likeness (QED) is 0.610. The zero-order valence-electron chi connectivity index (χ0n) is 16.9. The Hall–Kier alpha value is -2.28. The number of ether oxygens (including phenoxy) is 2. The van der Waals surface area contributed by atoms with Gasteiger partial charge in [0.25, 0.3) is 5.91 Å². The van der Waals surface area contributed by atoms with Gasteiger partial charge < -0.3 is 25.0 Å². The van der Waals surface area contributed by atoms with Crippen molar-refractivity contribution in [2.24, 2.45) is 0 Å². The summed E-state index contributed by atoms with van der Waals surface area (Å²) in [6.07, 6.45) is 0.932. The highest BCUT2D eigenvalue weighted by Gasteiger charge is 2.15. The molecule has 6 nitrogen and oxygen atoms in total. The molecule has 29 heavy (non-hydrogen) atoms. The lowest BCUT2D eigenvalue weighted by atomic mass is 10.2. The second kappa shape index (κ2) is 12.3. The first kappa shape index (κ1) is 23.0. The Morgan fingerprint density at radius 2 is 1.69 bits per heavy atom. The van der Waals surface area contributed by atoms with Gasteiger partial charge in [0.05, 0.1) is 12.2 Å². The van der Waals surface area contributed by atoms with Gasteiger partial charge in [-0.15, -0.1) is 12.4 Å². The molecule has 0 spiro atoms. The first-order valence-corrected chi connectivity index (χ1v) is 9.98. The minimum absolute atomic E-state index is 0. The summed E-state index contributed by atoms with van der Waals surface area (Å²) in [6.45, 7) is 8.36. The summed E-state index contributed by atoms with van der Waals surface area (Å²) in [5, 5.41) is 6.36. The molecule has 0 aromatic heterocycles. The van der Waals surface area contributed by atoms with Crippen LogP contribution < -0.4 is 20.1 Å². The van der Waals surface area contributed by atoms with Gasteiger partial charge in [0.2, 0.25) is 0 Å². The van der Waals surface area contributed by atoms with Crippen molar-refractivity contribution in [3.63, 3.8) is 0 Å². The van der Waals surface area contributed by atoms with Gasteiger partial charge in [0.1, 0.15) is 5.75 Å². The average Bonchev–Trinajstić information content (AvgIpc) is 2.74. The van der Waals surface area contributed by atoms with E-state index in [-0.39, 0.29) is 18.3 Å². The lowest BCUT2D eigenvalue weighted by molar-refractivity contribution is 0.0949. The summed E-state index contributed by atoms with van der Waals surface area (Å²) in [6, 6.07) is 14.8. The Morgan fingerprint density at radius 3 is 2.41 bits per heavy atom. The standard InChI is InChI=1S/C22H29N3O3.ClH/c1-2-27-20-10-5-6-11-21(20)28-19-9-4-3-8-18(19)22(26)24-12-7-15-25-16-13-23-14-17-25;/h3-6,8-11,23H,2,7,12-17H2,1H3,(H,24,26);1H. The monoisotopic (exact) mass is 419 g/mol. The Kier molecular flexibility index (Phi) is 9.77. The number of rotatable bonds is 9. The number of nitrogens with zero attached hydrogens (tertiary/aromatic N) is 1. The molecule has 158 valence electrons. The van der Waals surface area contributed by atoms with Crippen LogP contribution in [-0.4, -0.2) is 56.7 Å². The van der Waals surface area contributed by atoms with E-state index in [1.807, 2.05) is 43.3 Å². The van der Waals surface area contributed by atoms with Crippen LogP contribution in [0, 0.1) is 0 Å². The summed E-state index contributed by atoms with van der Waals surface area (Å²) in [4.78, 5) is 15.1. The predicted octanol–water partition coefficient (Wildman–Crippen LogP) is 3.32. The number of nitrogens with one attached hydrogen (secondary N) is 2. The van der Waals surface area contributed by atoms with Gasteiger partial charge >= 0.3 is 0 Å². The number of piperazine rings is 1. The van der Waals surface area contributed by atoms with Crippen LogP contribution in [0.5, 0.6) is 17.2 Å². The van der Waals surface area contributed by atoms with Gasteiger partial charge in [-0.05, 0) is 44.2 Å². The van der Waals surface area contributed by atoms with E-state index in [0.717, 1.165) is 39.1 Å². The molecule has 0 bridgehead atoms. The van der Waals surface area contributed by atoms with Crippen molar-refractivity contribution in [2.75, 3.05) is 45.9 Å². The molecule has 0 aliphatic carbocycles. The van der Waals surface area contributed by atoms with E-state index in [9.17, 15) is 4.79 Å². The first-order chi connectivity index (χ1) is 13.8. The van der Waals surface area contributed by atoms with Crippen LogP contribution in [0.15, 0.2) is 48.5 Å². The van der Waals surface area contributed by atoms with E-state index in [4.69, 9.17) is 9.47 Å². The van der Waals surface area contributed by atoms with Crippen molar-refractivity contribution in [1.29, 1.82) is 0 Å². The van der Waals surface area contributed by atoms with Gasteiger partial charge in [-0.2, -0.15) is 0 Å². The Labute approximate surface area is 179 Å². The lowest BCUT2D eigenvalue weighted by Crippen LogP contribution is -2.44. The molecule has 2 aromatic rings. The van der Waals surface area contributed by atoms with Crippen LogP contribution in [0.4, 0.5) is 0 Å². The fourth-order valence-corrected chi connectivity index (χ4v) is 3.21. The third-order valence-corrected chi connectivity index (χ3v) is 4.65. The zero-order chi connectivity index (χ0) is 19.6. The number of halogens is 1. The molecule has 0 saturated carbocycles. The first-order valence-electron chi connectivity index (χ1n) is 9.98. The Balaban J connectivity index is 0.00000300. The maximum absolute atomic E-state index is 12.7. The van der Waals surface area contributed by atoms with Gasteiger partial charge in [-0.1, -0.05) is 24.3 Å². The number of para-hydroxylation sites is 3. The van der Waals surface area contributed by atoms with Crippen molar-refractivity contribution >= 4 is 18.3 Å². The third kappa shape index (κ3) is 6.92. The zero-order valence-corrected chi connectivity index (χ0v) is 17.7. The van der Waals surface area contributed by atoms with E-state index in [1.165, 1.54) is 0 Å². The van der Waals surface area contributed by atoms with E-state index < -0.39 is 0 Å². The molecule has 3 rings (SSSR count). The number of hydrogen-bond donors (Lipinski definition) is 2. The summed E-state index contributed by atoms with van der Waals surface area (Å²) >= 11 is 0. The number of carbonyl (C=O) groups excluding carboxylic acids is 1. The second-order valence-corrected chi connectivity index (χ2v) is 6.68. The molecule has 1 fully saturated rings. The summed E-state index contributed by atoms with van der Waals surface area (Å²) in [5.41, 5.74) is 0.524. The number of hydrogen-bond acceptors (Lipinski definition) is 5. The molecule has 0 atom stereocenters. The van der Waals surface area contributed by atoms with Crippen LogP contribution in [0.1, 0.15) is 23.7 Å². The van der Waals surface area contributed by atoms with Crippen molar-refractivity contribution in [1.82, 2.24) is 15.5 Å². The minimum Gasteiger partial charge on any atom is -0.490 e. The number of amides is 1.